The number of Topliss-reactive ketones (excluding diaryl/α,β-unsaturated/α-hetero) is 1. The number of benzene rings is 3. The number of aliphatic hydroxyl groups is 2. The molecule has 5 aromatic rings. The maximum Gasteiger partial charge on any atom is 0.255 e. The van der Waals surface area contributed by atoms with Crippen LogP contribution in [0.25, 0.3) is 20.7 Å². The summed E-state index contributed by atoms with van der Waals surface area (Å²) < 4.78 is 31.2. The van der Waals surface area contributed by atoms with Crippen molar-refractivity contribution in [1.82, 2.24) is 9.88 Å². The van der Waals surface area contributed by atoms with E-state index >= 15 is 0 Å². The van der Waals surface area contributed by atoms with E-state index in [1.807, 2.05) is 30.3 Å². The third kappa shape index (κ3) is 6.97. The number of carbonyl (C=O) groups excluding carboxylic acids is 2. The molecule has 0 saturated carbocycles. The minimum atomic E-state index is -1.57. The van der Waals surface area contributed by atoms with Crippen molar-refractivity contribution in [2.45, 2.75) is 39.6 Å². The van der Waals surface area contributed by atoms with Gasteiger partial charge < -0.3 is 25.4 Å². The molecule has 238 valence electrons. The highest BCUT2D eigenvalue weighted by atomic mass is 32.1. The molecule has 0 radical (unpaired) electrons. The van der Waals surface area contributed by atoms with Gasteiger partial charge in [0.25, 0.3) is 5.91 Å². The van der Waals surface area contributed by atoms with Crippen molar-refractivity contribution in [2.24, 2.45) is 5.92 Å². The highest BCUT2D eigenvalue weighted by Crippen LogP contribution is 2.39. The molecular formula is C35H33F2N3O5S. The maximum absolute atomic E-state index is 14.8. The van der Waals surface area contributed by atoms with Crippen molar-refractivity contribution in [3.8, 4) is 10.4 Å². The van der Waals surface area contributed by atoms with E-state index < -0.39 is 41.6 Å². The smallest absolute Gasteiger partial charge is 0.255 e. The van der Waals surface area contributed by atoms with E-state index in [0.29, 0.717) is 33.1 Å². The highest BCUT2D eigenvalue weighted by molar-refractivity contribution is 7.22. The molecule has 1 unspecified atom stereocenters. The molecule has 1 atom stereocenters. The quantitative estimate of drug-likeness (QED) is 0.134. The van der Waals surface area contributed by atoms with Crippen molar-refractivity contribution in [3.05, 3.63) is 123 Å². The first-order valence-corrected chi connectivity index (χ1v) is 15.5. The maximum atomic E-state index is 14.8. The Bertz CT molecular complexity index is 1920. The van der Waals surface area contributed by atoms with Crippen molar-refractivity contribution in [3.63, 3.8) is 0 Å². The zero-order valence-electron chi connectivity index (χ0n) is 25.2. The Kier molecular flexibility index (Phi) is 10.2. The number of halogens is 2. The van der Waals surface area contributed by atoms with Crippen LogP contribution in [0.5, 0.6) is 0 Å². The average Bonchev–Trinajstić information content (AvgIpc) is 3.44. The lowest BCUT2D eigenvalue weighted by Crippen LogP contribution is -2.30. The highest BCUT2D eigenvalue weighted by Gasteiger charge is 2.25. The minimum absolute atomic E-state index is 0.0617. The number of amides is 1. The lowest BCUT2D eigenvalue weighted by Gasteiger charge is -2.14. The fourth-order valence-corrected chi connectivity index (χ4v) is 6.39. The molecule has 11 heteroatoms. The van der Waals surface area contributed by atoms with Crippen LogP contribution in [0, 0.1) is 17.6 Å². The first kappa shape index (κ1) is 32.8. The fourth-order valence-electron chi connectivity index (χ4n) is 5.10. The molecular weight excluding hydrogens is 612 g/mol. The summed E-state index contributed by atoms with van der Waals surface area (Å²) in [7, 11) is 0. The minimum Gasteiger partial charge on any atom is -0.393 e. The van der Waals surface area contributed by atoms with Gasteiger partial charge in [-0.25, -0.2) is 8.78 Å². The summed E-state index contributed by atoms with van der Waals surface area (Å²) in [6.45, 7) is 3.15. The first-order chi connectivity index (χ1) is 22.1. The van der Waals surface area contributed by atoms with Crippen LogP contribution < -0.4 is 16.1 Å². The molecule has 0 fully saturated rings. The fraction of sp³-hybridized carbons (Fsp3) is 0.229. The van der Waals surface area contributed by atoms with Gasteiger partial charge in [-0.05, 0) is 41.0 Å². The Morgan fingerprint density at radius 1 is 0.913 bits per heavy atom. The molecule has 0 bridgehead atoms. The number of rotatable bonds is 12. The molecule has 8 nitrogen and oxygen atoms in total. The van der Waals surface area contributed by atoms with Gasteiger partial charge in [0.1, 0.15) is 16.5 Å². The molecule has 2 aromatic heterocycles. The number of carbonyl (C=O) groups is 2. The Morgan fingerprint density at radius 3 is 2.22 bits per heavy atom. The van der Waals surface area contributed by atoms with Gasteiger partial charge in [-0.1, -0.05) is 62.4 Å². The van der Waals surface area contributed by atoms with Crippen molar-refractivity contribution in [1.29, 1.82) is 0 Å². The zero-order valence-corrected chi connectivity index (χ0v) is 26.0. The molecule has 4 N–H and O–H groups in total. The lowest BCUT2D eigenvalue weighted by molar-refractivity contribution is -0.125. The Balaban J connectivity index is 1.67. The predicted octanol–water partition coefficient (Wildman–Crippen LogP) is 5.48. The number of anilines is 1. The van der Waals surface area contributed by atoms with E-state index in [-0.39, 0.29) is 35.4 Å². The molecule has 1 amide bonds. The van der Waals surface area contributed by atoms with E-state index in [1.165, 1.54) is 23.6 Å². The van der Waals surface area contributed by atoms with Crippen molar-refractivity contribution in [2.75, 3.05) is 11.9 Å². The van der Waals surface area contributed by atoms with Gasteiger partial charge in [0, 0.05) is 41.3 Å². The number of nitrogens with zero attached hydrogens (tertiary/aromatic N) is 1. The number of ketones is 1. The third-order valence-electron chi connectivity index (χ3n) is 7.55. The third-order valence-corrected chi connectivity index (χ3v) is 8.87. The Morgan fingerprint density at radius 2 is 1.59 bits per heavy atom. The summed E-state index contributed by atoms with van der Waals surface area (Å²) >= 11 is 1.26. The number of hydrogen-bond acceptors (Lipinski definition) is 7. The van der Waals surface area contributed by atoms with Crippen LogP contribution in [-0.4, -0.2) is 39.2 Å². The molecule has 0 saturated heterocycles. The standard InChI is InChI=1S/C35H33F2N3O5S/c1-20(2)31(43)26-18-40(17-25-27(36)9-6-10-28(25)37)35-30(32(26)44)24(16-38-15-21-7-4-3-5-8-21)33(46-35)22-11-13-23(14-12-22)39-34(45)29(42)19-41/h3-14,18,20,29,38,41-42H,15-17,19H2,1-2H3,(H,39,45). The van der Waals surface area contributed by atoms with Crippen LogP contribution in [0.1, 0.15) is 40.9 Å². The van der Waals surface area contributed by atoms with Crippen LogP contribution in [0.3, 0.4) is 0 Å². The number of fused-ring (bicyclic) bond motifs is 1. The second-order valence-electron chi connectivity index (χ2n) is 11.2. The van der Waals surface area contributed by atoms with E-state index in [0.717, 1.165) is 17.7 Å². The van der Waals surface area contributed by atoms with E-state index in [2.05, 4.69) is 10.6 Å². The second kappa shape index (κ2) is 14.3. The first-order valence-electron chi connectivity index (χ1n) is 14.7. The SMILES string of the molecule is CC(C)C(=O)c1cn(Cc2c(F)cccc2F)c2sc(-c3ccc(NC(=O)C(O)CO)cc3)c(CNCc3ccccc3)c2c1=O. The molecule has 5 rings (SSSR count). The monoisotopic (exact) mass is 645 g/mol. The summed E-state index contributed by atoms with van der Waals surface area (Å²) in [5.74, 6) is -3.12. The van der Waals surface area contributed by atoms with Gasteiger partial charge in [0.15, 0.2) is 11.9 Å². The molecule has 46 heavy (non-hydrogen) atoms. The summed E-state index contributed by atoms with van der Waals surface area (Å²) in [4.78, 5) is 40.6. The normalized spacial score (nSPS) is 12.1. The van der Waals surface area contributed by atoms with Crippen LogP contribution in [-0.2, 0) is 24.4 Å². The average molecular weight is 646 g/mol. The van der Waals surface area contributed by atoms with Crippen molar-refractivity contribution >= 4 is 38.9 Å². The lowest BCUT2D eigenvalue weighted by atomic mass is 9.99. The molecule has 0 aliphatic carbocycles. The summed E-state index contributed by atoms with van der Waals surface area (Å²) in [5.41, 5.74) is 2.00. The Labute approximate surface area is 268 Å². The van der Waals surface area contributed by atoms with E-state index in [9.17, 15) is 28.3 Å². The largest absolute Gasteiger partial charge is 0.393 e. The summed E-state index contributed by atoms with van der Waals surface area (Å²) in [6.07, 6.45) is -0.177. The topological polar surface area (TPSA) is 121 Å². The van der Waals surface area contributed by atoms with Crippen LogP contribution in [0.4, 0.5) is 14.5 Å². The van der Waals surface area contributed by atoms with Gasteiger partial charge in [-0.3, -0.25) is 14.4 Å². The van der Waals surface area contributed by atoms with Gasteiger partial charge in [0.05, 0.1) is 24.1 Å². The predicted molar refractivity (Wildman–Crippen MR) is 175 cm³/mol. The number of pyridine rings is 1. The van der Waals surface area contributed by atoms with E-state index in [1.54, 1.807) is 42.7 Å². The van der Waals surface area contributed by atoms with Gasteiger partial charge in [0.2, 0.25) is 5.43 Å². The van der Waals surface area contributed by atoms with Crippen LogP contribution >= 0.6 is 11.3 Å². The molecule has 0 aliphatic rings. The van der Waals surface area contributed by atoms with Gasteiger partial charge in [-0.2, -0.15) is 0 Å². The molecule has 2 heterocycles. The number of nitrogens with one attached hydrogen (secondary N) is 2. The number of aromatic nitrogens is 1. The summed E-state index contributed by atoms with van der Waals surface area (Å²) in [5, 5.41) is 24.9. The molecule has 0 spiro atoms. The van der Waals surface area contributed by atoms with Crippen molar-refractivity contribution < 1.29 is 28.6 Å². The van der Waals surface area contributed by atoms with E-state index in [4.69, 9.17) is 5.11 Å². The number of aliphatic hydroxyl groups excluding tert-OH is 2. The number of hydrogen-bond donors (Lipinski definition) is 4. The van der Waals surface area contributed by atoms with Gasteiger partial charge >= 0.3 is 0 Å². The second-order valence-corrected chi connectivity index (χ2v) is 12.2. The van der Waals surface area contributed by atoms with Gasteiger partial charge in [-0.15, -0.1) is 11.3 Å². The van der Waals surface area contributed by atoms with Crippen LogP contribution in [0.15, 0.2) is 83.8 Å². The number of thiophene rings is 1. The summed E-state index contributed by atoms with van der Waals surface area (Å²) in [6, 6.07) is 20.0. The molecule has 3 aromatic carbocycles. The van der Waals surface area contributed by atoms with Crippen LogP contribution in [0.2, 0.25) is 0 Å². The Hall–Kier alpha value is -4.55. The molecule has 0 aliphatic heterocycles. The zero-order chi connectivity index (χ0) is 33.0.